The number of hydrogen-bond acceptors (Lipinski definition) is 3. The van der Waals surface area contributed by atoms with Gasteiger partial charge in [-0.05, 0) is 30.9 Å². The molecule has 0 fully saturated rings. The molecule has 0 amide bonds. The minimum Gasteiger partial charge on any atom is -0.457 e. The Hall–Kier alpha value is -2.42. The van der Waals surface area contributed by atoms with Crippen LogP contribution in [0.2, 0.25) is 0 Å². The van der Waals surface area contributed by atoms with Crippen molar-refractivity contribution in [2.75, 3.05) is 0 Å². The first-order valence-corrected chi connectivity index (χ1v) is 7.54. The zero-order valence-electron chi connectivity index (χ0n) is 12.5. The second-order valence-corrected chi connectivity index (χ2v) is 5.60. The molecule has 3 rings (SSSR count). The molecule has 1 aliphatic rings. The van der Waals surface area contributed by atoms with Gasteiger partial charge in [-0.1, -0.05) is 54.6 Å². The zero-order valence-corrected chi connectivity index (χ0v) is 12.5. The molecule has 2 atom stereocenters. The molecule has 0 heterocycles. The SMILES string of the molecule is C[C@@H](OC(=O)C1CCc2ccccc2C1=O)c1ccccc1. The van der Waals surface area contributed by atoms with Gasteiger partial charge in [0.2, 0.25) is 0 Å². The van der Waals surface area contributed by atoms with Crippen LogP contribution in [0.25, 0.3) is 0 Å². The summed E-state index contributed by atoms with van der Waals surface area (Å²) in [6.45, 7) is 1.83. The number of ketones is 1. The molecule has 0 spiro atoms. The Bertz CT molecular complexity index is 691. The Morgan fingerprint density at radius 3 is 2.55 bits per heavy atom. The molecule has 22 heavy (non-hydrogen) atoms. The van der Waals surface area contributed by atoms with E-state index in [9.17, 15) is 9.59 Å². The van der Waals surface area contributed by atoms with Gasteiger partial charge in [0.25, 0.3) is 0 Å². The maximum atomic E-state index is 12.5. The molecule has 0 N–H and O–H groups in total. The molecule has 2 aromatic carbocycles. The predicted octanol–water partition coefficient (Wildman–Crippen LogP) is 3.74. The highest BCUT2D eigenvalue weighted by atomic mass is 16.5. The van der Waals surface area contributed by atoms with E-state index in [2.05, 4.69) is 0 Å². The first kappa shape index (κ1) is 14.5. The number of hydrogen-bond donors (Lipinski definition) is 0. The molecule has 3 nitrogen and oxygen atoms in total. The van der Waals surface area contributed by atoms with Gasteiger partial charge in [0.1, 0.15) is 12.0 Å². The molecule has 0 bridgehead atoms. The zero-order chi connectivity index (χ0) is 15.5. The van der Waals surface area contributed by atoms with Crippen molar-refractivity contribution in [1.29, 1.82) is 0 Å². The lowest BCUT2D eigenvalue weighted by Crippen LogP contribution is -2.31. The molecule has 0 aromatic heterocycles. The number of benzene rings is 2. The molecular formula is C19H18O3. The predicted molar refractivity (Wildman–Crippen MR) is 83.5 cm³/mol. The van der Waals surface area contributed by atoms with Gasteiger partial charge in [-0.15, -0.1) is 0 Å². The van der Waals surface area contributed by atoms with Crippen LogP contribution in [0.15, 0.2) is 54.6 Å². The van der Waals surface area contributed by atoms with Crippen molar-refractivity contribution in [2.24, 2.45) is 5.92 Å². The highest BCUT2D eigenvalue weighted by Gasteiger charge is 2.34. The Labute approximate surface area is 129 Å². The second kappa shape index (κ2) is 6.14. The fraction of sp³-hybridized carbons (Fsp3) is 0.263. The van der Waals surface area contributed by atoms with Gasteiger partial charge in [-0.2, -0.15) is 0 Å². The van der Waals surface area contributed by atoms with Crippen molar-refractivity contribution in [3.05, 3.63) is 71.3 Å². The summed E-state index contributed by atoms with van der Waals surface area (Å²) in [5, 5.41) is 0. The van der Waals surface area contributed by atoms with Crippen molar-refractivity contribution < 1.29 is 14.3 Å². The maximum absolute atomic E-state index is 12.5. The number of carbonyl (C=O) groups is 2. The summed E-state index contributed by atoms with van der Waals surface area (Å²) in [4.78, 5) is 24.8. The molecule has 0 saturated heterocycles. The third-order valence-electron chi connectivity index (χ3n) is 4.15. The lowest BCUT2D eigenvalue weighted by molar-refractivity contribution is -0.152. The Kier molecular flexibility index (Phi) is 4.05. The number of fused-ring (bicyclic) bond motifs is 1. The average molecular weight is 294 g/mol. The van der Waals surface area contributed by atoms with Crippen molar-refractivity contribution >= 4 is 11.8 Å². The van der Waals surface area contributed by atoms with Gasteiger partial charge in [-0.25, -0.2) is 0 Å². The maximum Gasteiger partial charge on any atom is 0.317 e. The molecule has 0 radical (unpaired) electrons. The topological polar surface area (TPSA) is 43.4 Å². The van der Waals surface area contributed by atoms with Crippen LogP contribution in [0.3, 0.4) is 0 Å². The third kappa shape index (κ3) is 2.80. The number of ether oxygens (including phenoxy) is 1. The monoisotopic (exact) mass is 294 g/mol. The number of esters is 1. The molecular weight excluding hydrogens is 276 g/mol. The molecule has 3 heteroatoms. The number of rotatable bonds is 3. The van der Waals surface area contributed by atoms with Gasteiger partial charge in [0, 0.05) is 5.56 Å². The van der Waals surface area contributed by atoms with E-state index < -0.39 is 11.9 Å². The third-order valence-corrected chi connectivity index (χ3v) is 4.15. The van der Waals surface area contributed by atoms with Crippen molar-refractivity contribution in [1.82, 2.24) is 0 Å². The van der Waals surface area contributed by atoms with Crippen molar-refractivity contribution in [3.63, 3.8) is 0 Å². The van der Waals surface area contributed by atoms with Crippen LogP contribution in [0.5, 0.6) is 0 Å². The van der Waals surface area contributed by atoms with E-state index in [1.54, 1.807) is 6.07 Å². The average Bonchev–Trinajstić information content (AvgIpc) is 2.56. The second-order valence-electron chi connectivity index (χ2n) is 5.60. The van der Waals surface area contributed by atoms with Gasteiger partial charge < -0.3 is 4.74 Å². The molecule has 2 aromatic rings. The smallest absolute Gasteiger partial charge is 0.317 e. The van der Waals surface area contributed by atoms with Gasteiger partial charge in [0.05, 0.1) is 0 Å². The van der Waals surface area contributed by atoms with Crippen LogP contribution in [-0.4, -0.2) is 11.8 Å². The summed E-state index contributed by atoms with van der Waals surface area (Å²) in [7, 11) is 0. The van der Waals surface area contributed by atoms with Crippen LogP contribution >= 0.6 is 0 Å². The van der Waals surface area contributed by atoms with E-state index in [-0.39, 0.29) is 11.9 Å². The lowest BCUT2D eigenvalue weighted by Gasteiger charge is -2.23. The normalized spacial score (nSPS) is 18.4. The van der Waals surface area contributed by atoms with E-state index in [1.165, 1.54) is 0 Å². The highest BCUT2D eigenvalue weighted by molar-refractivity contribution is 6.10. The van der Waals surface area contributed by atoms with E-state index in [0.717, 1.165) is 17.5 Å². The van der Waals surface area contributed by atoms with Crippen LogP contribution in [0.4, 0.5) is 0 Å². The molecule has 1 unspecified atom stereocenters. The summed E-state index contributed by atoms with van der Waals surface area (Å²) in [6.07, 6.45) is 0.913. The largest absolute Gasteiger partial charge is 0.457 e. The molecule has 0 saturated carbocycles. The number of Topliss-reactive ketones (excluding diaryl/α,β-unsaturated/α-hetero) is 1. The van der Waals surface area contributed by atoms with E-state index in [0.29, 0.717) is 12.0 Å². The highest BCUT2D eigenvalue weighted by Crippen LogP contribution is 2.28. The fourth-order valence-electron chi connectivity index (χ4n) is 2.87. The lowest BCUT2D eigenvalue weighted by atomic mass is 9.83. The Morgan fingerprint density at radius 2 is 1.77 bits per heavy atom. The summed E-state index contributed by atoms with van der Waals surface area (Å²) in [5.74, 6) is -1.22. The minimum atomic E-state index is -0.680. The van der Waals surface area contributed by atoms with Gasteiger partial charge in [-0.3, -0.25) is 9.59 Å². The minimum absolute atomic E-state index is 0.118. The van der Waals surface area contributed by atoms with Crippen molar-refractivity contribution in [2.45, 2.75) is 25.9 Å². The summed E-state index contributed by atoms with van der Waals surface area (Å²) in [6, 6.07) is 17.0. The van der Waals surface area contributed by atoms with Crippen LogP contribution < -0.4 is 0 Å². The standard InChI is InChI=1S/C19H18O3/c1-13(14-7-3-2-4-8-14)22-19(21)17-12-11-15-9-5-6-10-16(15)18(17)20/h2-10,13,17H,11-12H2,1H3/t13-,17?/m1/s1. The summed E-state index contributed by atoms with van der Waals surface area (Å²) in [5.41, 5.74) is 2.61. The summed E-state index contributed by atoms with van der Waals surface area (Å²) < 4.78 is 5.50. The van der Waals surface area contributed by atoms with Crippen LogP contribution in [0, 0.1) is 5.92 Å². The number of aryl methyl sites for hydroxylation is 1. The van der Waals surface area contributed by atoms with E-state index in [4.69, 9.17) is 4.74 Å². The van der Waals surface area contributed by atoms with E-state index in [1.807, 2.05) is 55.5 Å². The first-order chi connectivity index (χ1) is 10.7. The molecule has 112 valence electrons. The van der Waals surface area contributed by atoms with Gasteiger partial charge >= 0.3 is 5.97 Å². The quantitative estimate of drug-likeness (QED) is 0.640. The van der Waals surface area contributed by atoms with Crippen LogP contribution in [-0.2, 0) is 16.0 Å². The first-order valence-electron chi connectivity index (χ1n) is 7.54. The molecule has 0 aliphatic heterocycles. The summed E-state index contributed by atoms with van der Waals surface area (Å²) >= 11 is 0. The van der Waals surface area contributed by atoms with E-state index >= 15 is 0 Å². The van der Waals surface area contributed by atoms with Crippen molar-refractivity contribution in [3.8, 4) is 0 Å². The number of carbonyl (C=O) groups excluding carboxylic acids is 2. The fourth-order valence-corrected chi connectivity index (χ4v) is 2.87. The molecule has 1 aliphatic carbocycles. The van der Waals surface area contributed by atoms with Crippen LogP contribution in [0.1, 0.15) is 40.9 Å². The Morgan fingerprint density at radius 1 is 1.09 bits per heavy atom. The Balaban J connectivity index is 1.73. The van der Waals surface area contributed by atoms with Gasteiger partial charge in [0.15, 0.2) is 5.78 Å².